The molecule has 0 radical (unpaired) electrons. The van der Waals surface area contributed by atoms with Crippen LogP contribution in [-0.4, -0.2) is 48.7 Å². The van der Waals surface area contributed by atoms with Crippen LogP contribution in [0.4, 0.5) is 16.2 Å². The predicted octanol–water partition coefficient (Wildman–Crippen LogP) is 4.57. The van der Waals surface area contributed by atoms with Crippen molar-refractivity contribution in [1.29, 1.82) is 0 Å². The molecule has 0 saturated carbocycles. The maximum Gasteiger partial charge on any atom is 0.407 e. The molecule has 166 valence electrons. The summed E-state index contributed by atoms with van der Waals surface area (Å²) in [4.78, 5) is 27.0. The van der Waals surface area contributed by atoms with E-state index in [0.717, 1.165) is 17.1 Å². The van der Waals surface area contributed by atoms with Crippen LogP contribution < -0.4 is 15.4 Å². The van der Waals surface area contributed by atoms with Gasteiger partial charge in [-0.1, -0.05) is 12.1 Å². The Hall–Kier alpha value is -3.22. The van der Waals surface area contributed by atoms with Crippen LogP contribution in [0, 0.1) is 0 Å². The van der Waals surface area contributed by atoms with E-state index in [-0.39, 0.29) is 11.9 Å². The Balaban J connectivity index is 1.60. The van der Waals surface area contributed by atoms with Crippen molar-refractivity contribution in [2.24, 2.45) is 0 Å². The van der Waals surface area contributed by atoms with Gasteiger partial charge < -0.3 is 25.0 Å². The lowest BCUT2D eigenvalue weighted by atomic mass is 10.0. The van der Waals surface area contributed by atoms with Crippen LogP contribution in [0.5, 0.6) is 5.75 Å². The zero-order valence-corrected chi connectivity index (χ0v) is 18.6. The van der Waals surface area contributed by atoms with Crippen LogP contribution in [-0.2, 0) is 4.74 Å². The largest absolute Gasteiger partial charge is 0.497 e. The number of hydrogen-bond donors (Lipinski definition) is 2. The summed E-state index contributed by atoms with van der Waals surface area (Å²) in [6.45, 7) is 6.67. The van der Waals surface area contributed by atoms with Gasteiger partial charge in [-0.15, -0.1) is 0 Å². The van der Waals surface area contributed by atoms with Gasteiger partial charge in [-0.2, -0.15) is 0 Å². The SMILES string of the molecule is COc1ccc(Nc2ccccc2C(=O)N2CCC(NC(=O)OC(C)(C)C)CC2)cc1. The minimum absolute atomic E-state index is 0.00608. The average Bonchev–Trinajstić information content (AvgIpc) is 2.73. The summed E-state index contributed by atoms with van der Waals surface area (Å²) >= 11 is 0. The third-order valence-electron chi connectivity index (χ3n) is 5.03. The number of carbonyl (C=O) groups is 2. The second-order valence-corrected chi connectivity index (χ2v) is 8.61. The number of ether oxygens (including phenoxy) is 2. The van der Waals surface area contributed by atoms with Gasteiger partial charge in [-0.25, -0.2) is 4.79 Å². The highest BCUT2D eigenvalue weighted by atomic mass is 16.6. The number of carbonyl (C=O) groups excluding carboxylic acids is 2. The zero-order valence-electron chi connectivity index (χ0n) is 18.6. The average molecular weight is 426 g/mol. The van der Waals surface area contributed by atoms with E-state index >= 15 is 0 Å². The van der Waals surface area contributed by atoms with Gasteiger partial charge in [-0.05, 0) is 70.0 Å². The summed E-state index contributed by atoms with van der Waals surface area (Å²) in [5, 5.41) is 6.23. The second-order valence-electron chi connectivity index (χ2n) is 8.61. The molecular formula is C24H31N3O4. The Kier molecular flexibility index (Phi) is 7.05. The number of piperidine rings is 1. The number of nitrogens with zero attached hydrogens (tertiary/aromatic N) is 1. The van der Waals surface area contributed by atoms with Crippen LogP contribution >= 0.6 is 0 Å². The summed E-state index contributed by atoms with van der Waals surface area (Å²) in [5.41, 5.74) is 1.73. The van der Waals surface area contributed by atoms with Gasteiger partial charge in [0.2, 0.25) is 0 Å². The van der Waals surface area contributed by atoms with E-state index in [1.165, 1.54) is 0 Å². The Morgan fingerprint density at radius 2 is 1.65 bits per heavy atom. The van der Waals surface area contributed by atoms with Crippen molar-refractivity contribution < 1.29 is 19.1 Å². The Bertz CT molecular complexity index is 898. The number of nitrogens with one attached hydrogen (secondary N) is 2. The quantitative estimate of drug-likeness (QED) is 0.734. The van der Waals surface area contributed by atoms with Gasteiger partial charge in [0.1, 0.15) is 11.4 Å². The molecule has 0 aliphatic carbocycles. The van der Waals surface area contributed by atoms with Crippen LogP contribution in [0.2, 0.25) is 0 Å². The smallest absolute Gasteiger partial charge is 0.407 e. The number of anilines is 2. The summed E-state index contributed by atoms with van der Waals surface area (Å²) in [6, 6.07) is 15.1. The van der Waals surface area contributed by atoms with Gasteiger partial charge in [0.15, 0.2) is 0 Å². The molecule has 1 heterocycles. The minimum atomic E-state index is -0.526. The molecule has 0 bridgehead atoms. The molecule has 31 heavy (non-hydrogen) atoms. The normalized spacial score (nSPS) is 14.6. The monoisotopic (exact) mass is 425 g/mol. The maximum atomic E-state index is 13.2. The number of rotatable bonds is 5. The minimum Gasteiger partial charge on any atom is -0.497 e. The van der Waals surface area contributed by atoms with Gasteiger partial charge >= 0.3 is 6.09 Å². The lowest BCUT2D eigenvalue weighted by molar-refractivity contribution is 0.0473. The highest BCUT2D eigenvalue weighted by Gasteiger charge is 2.27. The van der Waals surface area contributed by atoms with Crippen molar-refractivity contribution in [2.75, 3.05) is 25.5 Å². The first-order valence-corrected chi connectivity index (χ1v) is 10.5. The summed E-state index contributed by atoms with van der Waals surface area (Å²) in [7, 11) is 1.63. The molecule has 0 aromatic heterocycles. The summed E-state index contributed by atoms with van der Waals surface area (Å²) < 4.78 is 10.5. The van der Waals surface area contributed by atoms with E-state index in [1.807, 2.05) is 74.2 Å². The second kappa shape index (κ2) is 9.73. The standard InChI is InChI=1S/C24H31N3O4/c1-24(2,3)31-23(29)26-18-13-15-27(16-14-18)22(28)20-7-5-6-8-21(20)25-17-9-11-19(30-4)12-10-17/h5-12,18,25H,13-16H2,1-4H3,(H,26,29). The number of amides is 2. The number of likely N-dealkylation sites (tertiary alicyclic amines) is 1. The van der Waals surface area contributed by atoms with E-state index < -0.39 is 11.7 Å². The first-order chi connectivity index (χ1) is 14.7. The third kappa shape index (κ3) is 6.38. The molecule has 7 heteroatoms. The van der Waals surface area contributed by atoms with Crippen molar-refractivity contribution in [3.8, 4) is 5.75 Å². The number of alkyl carbamates (subject to hydrolysis) is 1. The zero-order chi connectivity index (χ0) is 22.4. The molecular weight excluding hydrogens is 394 g/mol. The van der Waals surface area contributed by atoms with E-state index in [2.05, 4.69) is 10.6 Å². The van der Waals surface area contributed by atoms with E-state index in [0.29, 0.717) is 31.5 Å². The van der Waals surface area contributed by atoms with Crippen molar-refractivity contribution in [1.82, 2.24) is 10.2 Å². The highest BCUT2D eigenvalue weighted by molar-refractivity contribution is 6.00. The van der Waals surface area contributed by atoms with Crippen molar-refractivity contribution in [3.63, 3.8) is 0 Å². The van der Waals surface area contributed by atoms with Gasteiger partial charge in [-0.3, -0.25) is 4.79 Å². The van der Waals surface area contributed by atoms with E-state index in [4.69, 9.17) is 9.47 Å². The molecule has 1 fully saturated rings. The molecule has 1 aliphatic heterocycles. The molecule has 1 aliphatic rings. The first kappa shape index (κ1) is 22.5. The maximum absolute atomic E-state index is 13.2. The van der Waals surface area contributed by atoms with Crippen LogP contribution in [0.25, 0.3) is 0 Å². The fraction of sp³-hybridized carbons (Fsp3) is 0.417. The molecule has 0 atom stereocenters. The molecule has 1 saturated heterocycles. The fourth-order valence-corrected chi connectivity index (χ4v) is 3.48. The van der Waals surface area contributed by atoms with E-state index in [9.17, 15) is 9.59 Å². The Labute approximate surface area is 183 Å². The van der Waals surface area contributed by atoms with Crippen LogP contribution in [0.1, 0.15) is 44.0 Å². The third-order valence-corrected chi connectivity index (χ3v) is 5.03. The number of para-hydroxylation sites is 1. The first-order valence-electron chi connectivity index (χ1n) is 10.5. The predicted molar refractivity (Wildman–Crippen MR) is 121 cm³/mol. The molecule has 7 nitrogen and oxygen atoms in total. The van der Waals surface area contributed by atoms with E-state index in [1.54, 1.807) is 7.11 Å². The molecule has 2 amide bonds. The van der Waals surface area contributed by atoms with Crippen molar-refractivity contribution in [3.05, 3.63) is 54.1 Å². The van der Waals surface area contributed by atoms with Gasteiger partial charge in [0, 0.05) is 24.8 Å². The Morgan fingerprint density at radius 3 is 2.26 bits per heavy atom. The lowest BCUT2D eigenvalue weighted by Crippen LogP contribution is -2.47. The van der Waals surface area contributed by atoms with Crippen molar-refractivity contribution >= 4 is 23.4 Å². The lowest BCUT2D eigenvalue weighted by Gasteiger charge is -2.33. The van der Waals surface area contributed by atoms with Crippen molar-refractivity contribution in [2.45, 2.75) is 45.3 Å². The number of benzene rings is 2. The summed E-state index contributed by atoms with van der Waals surface area (Å²) in [5.74, 6) is 0.755. The molecule has 0 unspecified atom stereocenters. The molecule has 2 N–H and O–H groups in total. The van der Waals surface area contributed by atoms with Gasteiger partial charge in [0.05, 0.1) is 18.4 Å². The fourth-order valence-electron chi connectivity index (χ4n) is 3.48. The molecule has 2 aromatic rings. The topological polar surface area (TPSA) is 79.9 Å². The Morgan fingerprint density at radius 1 is 1.00 bits per heavy atom. The molecule has 2 aromatic carbocycles. The summed E-state index contributed by atoms with van der Waals surface area (Å²) in [6.07, 6.45) is 0.976. The number of methoxy groups -OCH3 is 1. The molecule has 3 rings (SSSR count). The van der Waals surface area contributed by atoms with Crippen LogP contribution in [0.3, 0.4) is 0 Å². The molecule has 0 spiro atoms. The number of hydrogen-bond acceptors (Lipinski definition) is 5. The van der Waals surface area contributed by atoms with Gasteiger partial charge in [0.25, 0.3) is 5.91 Å². The highest BCUT2D eigenvalue weighted by Crippen LogP contribution is 2.25. The van der Waals surface area contributed by atoms with Crippen LogP contribution in [0.15, 0.2) is 48.5 Å².